The summed E-state index contributed by atoms with van der Waals surface area (Å²) < 4.78 is 2.31. The summed E-state index contributed by atoms with van der Waals surface area (Å²) in [6.07, 6.45) is 13.6. The molecule has 2 rings (SSSR count). The number of hydrogen-bond donors (Lipinski definition) is 2. The van der Waals surface area contributed by atoms with Crippen molar-refractivity contribution in [2.45, 2.75) is 20.3 Å². The molecule has 138 valence electrons. The SMILES string of the molecule is C/C=C\n1c(-c2cc(C(C=CN)=NC)c(C#N)c(=S)[nH]2)cnc1/C=C/CC. The second-order valence-electron chi connectivity index (χ2n) is 5.55. The summed E-state index contributed by atoms with van der Waals surface area (Å²) in [4.78, 5) is 11.9. The fourth-order valence-electron chi connectivity index (χ4n) is 2.61. The number of aromatic nitrogens is 3. The van der Waals surface area contributed by atoms with Crippen LogP contribution in [0.25, 0.3) is 23.7 Å². The highest BCUT2D eigenvalue weighted by Crippen LogP contribution is 2.24. The van der Waals surface area contributed by atoms with Crippen LogP contribution in [0.5, 0.6) is 0 Å². The van der Waals surface area contributed by atoms with Gasteiger partial charge in [-0.05, 0) is 37.8 Å². The van der Waals surface area contributed by atoms with Crippen LogP contribution in [0.4, 0.5) is 0 Å². The van der Waals surface area contributed by atoms with E-state index in [1.54, 1.807) is 19.3 Å². The first kappa shape index (κ1) is 20.1. The summed E-state index contributed by atoms with van der Waals surface area (Å²) in [7, 11) is 1.65. The number of allylic oxidation sites excluding steroid dienone is 3. The van der Waals surface area contributed by atoms with Gasteiger partial charge in [-0.2, -0.15) is 5.26 Å². The number of rotatable bonds is 6. The highest BCUT2D eigenvalue weighted by molar-refractivity contribution is 7.71. The van der Waals surface area contributed by atoms with Crippen molar-refractivity contribution in [1.29, 1.82) is 5.26 Å². The summed E-state index contributed by atoms with van der Waals surface area (Å²) in [6.45, 7) is 4.01. The summed E-state index contributed by atoms with van der Waals surface area (Å²) in [5.41, 5.74) is 8.65. The van der Waals surface area contributed by atoms with E-state index in [1.165, 1.54) is 6.20 Å². The lowest BCUT2D eigenvalue weighted by Gasteiger charge is -2.10. The van der Waals surface area contributed by atoms with Crippen LogP contribution in [-0.4, -0.2) is 27.3 Å². The Labute approximate surface area is 164 Å². The summed E-state index contributed by atoms with van der Waals surface area (Å²) >= 11 is 5.41. The number of nitrogens with zero attached hydrogens (tertiary/aromatic N) is 4. The molecule has 0 aromatic carbocycles. The van der Waals surface area contributed by atoms with Crippen LogP contribution in [-0.2, 0) is 0 Å². The number of aliphatic imine (C=N–C) groups is 1. The molecule has 6 nitrogen and oxygen atoms in total. The van der Waals surface area contributed by atoms with Crippen LogP contribution in [0.2, 0.25) is 0 Å². The molecule has 0 aliphatic rings. The molecule has 0 saturated heterocycles. The Morgan fingerprint density at radius 2 is 2.30 bits per heavy atom. The van der Waals surface area contributed by atoms with Gasteiger partial charge < -0.3 is 10.7 Å². The predicted octanol–water partition coefficient (Wildman–Crippen LogP) is 4.28. The molecule has 2 heterocycles. The van der Waals surface area contributed by atoms with Crippen LogP contribution in [0.3, 0.4) is 0 Å². The molecule has 0 aliphatic heterocycles. The first-order chi connectivity index (χ1) is 13.1. The fourth-order valence-corrected chi connectivity index (χ4v) is 2.88. The molecule has 0 aliphatic carbocycles. The van der Waals surface area contributed by atoms with Crippen molar-refractivity contribution in [1.82, 2.24) is 14.5 Å². The first-order valence-electron chi connectivity index (χ1n) is 8.51. The molecule has 0 radical (unpaired) electrons. The Bertz CT molecular complexity index is 1030. The zero-order valence-electron chi connectivity index (χ0n) is 15.6. The van der Waals surface area contributed by atoms with E-state index < -0.39 is 0 Å². The summed E-state index contributed by atoms with van der Waals surface area (Å²) in [5, 5.41) is 9.53. The third kappa shape index (κ3) is 4.30. The van der Waals surface area contributed by atoms with Crippen molar-refractivity contribution < 1.29 is 0 Å². The van der Waals surface area contributed by atoms with Crippen molar-refractivity contribution in [2.75, 3.05) is 7.05 Å². The highest BCUT2D eigenvalue weighted by Gasteiger charge is 2.15. The van der Waals surface area contributed by atoms with E-state index in [0.717, 1.165) is 23.6 Å². The maximum Gasteiger partial charge on any atom is 0.136 e. The standard InChI is InChI=1S/C20H22N6S/c1-4-6-7-19-24-13-18(26(19)10-5-2)17-11-14(16(23-3)8-9-21)15(12-22)20(27)25-17/h5-11,13H,4,21H2,1-3H3,(H,25,27)/b7-6+,9-8?,10-5-,23-16?. The van der Waals surface area contributed by atoms with Crippen LogP contribution in [0, 0.1) is 16.0 Å². The van der Waals surface area contributed by atoms with Gasteiger partial charge in [0.05, 0.1) is 28.9 Å². The molecular weight excluding hydrogens is 356 g/mol. The minimum absolute atomic E-state index is 0.343. The van der Waals surface area contributed by atoms with E-state index in [9.17, 15) is 5.26 Å². The number of imidazole rings is 1. The van der Waals surface area contributed by atoms with Crippen LogP contribution < -0.4 is 5.73 Å². The molecule has 0 atom stereocenters. The van der Waals surface area contributed by atoms with Crippen molar-refractivity contribution in [2.24, 2.45) is 10.7 Å². The predicted molar refractivity (Wildman–Crippen MR) is 114 cm³/mol. The Morgan fingerprint density at radius 3 is 2.89 bits per heavy atom. The number of nitrogens with two attached hydrogens (primary N) is 1. The van der Waals surface area contributed by atoms with E-state index in [0.29, 0.717) is 21.5 Å². The Hall–Kier alpha value is -3.24. The van der Waals surface area contributed by atoms with Crippen molar-refractivity contribution in [3.63, 3.8) is 0 Å². The zero-order valence-corrected chi connectivity index (χ0v) is 16.4. The zero-order chi connectivity index (χ0) is 19.8. The average Bonchev–Trinajstić information content (AvgIpc) is 3.06. The lowest BCUT2D eigenvalue weighted by molar-refractivity contribution is 1.09. The van der Waals surface area contributed by atoms with Gasteiger partial charge in [0.2, 0.25) is 0 Å². The second-order valence-corrected chi connectivity index (χ2v) is 5.95. The monoisotopic (exact) mass is 378 g/mol. The number of nitrogens with one attached hydrogen (secondary N) is 1. The third-order valence-electron chi connectivity index (χ3n) is 3.82. The first-order valence-corrected chi connectivity index (χ1v) is 8.91. The van der Waals surface area contributed by atoms with E-state index >= 15 is 0 Å². The maximum atomic E-state index is 9.53. The molecule has 2 aromatic heterocycles. The van der Waals surface area contributed by atoms with Crippen LogP contribution >= 0.6 is 12.2 Å². The molecule has 7 heteroatoms. The Balaban J connectivity index is 2.76. The Morgan fingerprint density at radius 1 is 1.52 bits per heavy atom. The maximum absolute atomic E-state index is 9.53. The number of aromatic amines is 1. The highest BCUT2D eigenvalue weighted by atomic mass is 32.1. The van der Waals surface area contributed by atoms with Gasteiger partial charge in [0, 0.05) is 18.8 Å². The van der Waals surface area contributed by atoms with E-state index in [-0.39, 0.29) is 0 Å². The molecule has 0 amide bonds. The van der Waals surface area contributed by atoms with Crippen molar-refractivity contribution >= 4 is 30.2 Å². The minimum Gasteiger partial charge on any atom is -0.405 e. The second kappa shape index (κ2) is 9.46. The van der Waals surface area contributed by atoms with Gasteiger partial charge in [-0.1, -0.05) is 31.3 Å². The molecule has 27 heavy (non-hydrogen) atoms. The average molecular weight is 379 g/mol. The Kier molecular flexibility index (Phi) is 7.03. The molecule has 2 aromatic rings. The smallest absolute Gasteiger partial charge is 0.136 e. The molecular formula is C20H22N6S. The topological polar surface area (TPSA) is 95.8 Å². The van der Waals surface area contributed by atoms with E-state index in [2.05, 4.69) is 28.0 Å². The molecule has 0 saturated carbocycles. The normalized spacial score (nSPS) is 12.4. The molecule has 0 spiro atoms. The van der Waals surface area contributed by atoms with Gasteiger partial charge in [0.15, 0.2) is 0 Å². The van der Waals surface area contributed by atoms with Crippen molar-refractivity contribution in [3.8, 4) is 17.5 Å². The molecule has 3 N–H and O–H groups in total. The quantitative estimate of drug-likeness (QED) is 0.579. The number of H-pyrrole nitrogens is 1. The van der Waals surface area contributed by atoms with Crippen LogP contribution in [0.1, 0.15) is 37.2 Å². The van der Waals surface area contributed by atoms with Gasteiger partial charge in [-0.15, -0.1) is 0 Å². The van der Waals surface area contributed by atoms with E-state index in [4.69, 9.17) is 18.0 Å². The molecule has 0 unspecified atom stereocenters. The number of nitriles is 1. The van der Waals surface area contributed by atoms with Crippen molar-refractivity contribution in [3.05, 3.63) is 58.3 Å². The van der Waals surface area contributed by atoms with Crippen LogP contribution in [0.15, 0.2) is 41.7 Å². The van der Waals surface area contributed by atoms with Gasteiger partial charge in [0.25, 0.3) is 0 Å². The van der Waals surface area contributed by atoms with Gasteiger partial charge in [-0.25, -0.2) is 4.98 Å². The lowest BCUT2D eigenvalue weighted by atomic mass is 10.0. The summed E-state index contributed by atoms with van der Waals surface area (Å²) in [5.74, 6) is 0.807. The van der Waals surface area contributed by atoms with Gasteiger partial charge >= 0.3 is 0 Å². The fraction of sp³-hybridized carbons (Fsp3) is 0.200. The molecule has 0 fully saturated rings. The summed E-state index contributed by atoms with van der Waals surface area (Å²) in [6, 6.07) is 4.00. The molecule has 0 bridgehead atoms. The largest absolute Gasteiger partial charge is 0.405 e. The van der Waals surface area contributed by atoms with Gasteiger partial charge in [0.1, 0.15) is 16.5 Å². The minimum atomic E-state index is 0.343. The number of hydrogen-bond acceptors (Lipinski definition) is 5. The third-order valence-corrected chi connectivity index (χ3v) is 4.12. The number of pyridine rings is 1. The lowest BCUT2D eigenvalue weighted by Crippen LogP contribution is -2.05. The van der Waals surface area contributed by atoms with Gasteiger partial charge in [-0.3, -0.25) is 9.56 Å². The van der Waals surface area contributed by atoms with E-state index in [1.807, 2.05) is 42.0 Å².